The SMILES string of the molecule is CC(=O)N(C(=O)O)C(=O)[C@H](C)NC(=O)[C@@H](CCC(=O)O)NC(=O)[C@@H](CCC(=O)O)NC(=O)[C@H](N)CCC(=O)O. The summed E-state index contributed by atoms with van der Waals surface area (Å²) in [5.74, 6) is -9.75. The predicted molar refractivity (Wildman–Crippen MR) is 126 cm³/mol. The third kappa shape index (κ3) is 13.0. The Bertz CT molecular complexity index is 985. The number of aliphatic carboxylic acids is 3. The summed E-state index contributed by atoms with van der Waals surface area (Å²) in [6, 6.07) is -6.25. The molecule has 0 unspecified atom stereocenters. The van der Waals surface area contributed by atoms with Gasteiger partial charge in [-0.2, -0.15) is 4.90 Å². The molecule has 0 fully saturated rings. The van der Waals surface area contributed by atoms with Crippen molar-refractivity contribution in [3.8, 4) is 0 Å². The van der Waals surface area contributed by atoms with E-state index < -0.39 is 110 Å². The molecule has 0 radical (unpaired) electrons. The van der Waals surface area contributed by atoms with Gasteiger partial charge in [-0.05, 0) is 26.2 Å². The lowest BCUT2D eigenvalue weighted by atomic mass is 10.1. The highest BCUT2D eigenvalue weighted by Gasteiger charge is 2.33. The molecule has 0 bridgehead atoms. The fourth-order valence-corrected chi connectivity index (χ4v) is 2.99. The van der Waals surface area contributed by atoms with E-state index in [1.54, 1.807) is 0 Å². The summed E-state index contributed by atoms with van der Waals surface area (Å²) in [5.41, 5.74) is 5.60. The van der Waals surface area contributed by atoms with Crippen LogP contribution in [-0.2, 0) is 38.4 Å². The van der Waals surface area contributed by atoms with Crippen molar-refractivity contribution in [2.45, 2.75) is 76.5 Å². The highest BCUT2D eigenvalue weighted by atomic mass is 16.4. The van der Waals surface area contributed by atoms with Crippen molar-refractivity contribution >= 4 is 53.5 Å². The van der Waals surface area contributed by atoms with Crippen LogP contribution < -0.4 is 21.7 Å². The number of hydrogen-bond acceptors (Lipinski definition) is 10. The molecule has 0 rings (SSSR count). The summed E-state index contributed by atoms with van der Waals surface area (Å²) >= 11 is 0. The van der Waals surface area contributed by atoms with Crippen molar-refractivity contribution in [3.63, 3.8) is 0 Å². The van der Waals surface area contributed by atoms with Crippen molar-refractivity contribution in [1.82, 2.24) is 20.9 Å². The van der Waals surface area contributed by atoms with E-state index >= 15 is 0 Å². The Morgan fingerprint density at radius 2 is 1.05 bits per heavy atom. The summed E-state index contributed by atoms with van der Waals surface area (Å²) in [6.45, 7) is 1.82. The molecule has 0 aliphatic rings. The smallest absolute Gasteiger partial charge is 0.421 e. The third-order valence-electron chi connectivity index (χ3n) is 5.02. The zero-order valence-corrected chi connectivity index (χ0v) is 21.0. The van der Waals surface area contributed by atoms with Gasteiger partial charge >= 0.3 is 24.0 Å². The Kier molecular flexibility index (Phi) is 14.4. The van der Waals surface area contributed by atoms with Crippen molar-refractivity contribution in [2.24, 2.45) is 5.73 Å². The van der Waals surface area contributed by atoms with Gasteiger partial charge in [0.15, 0.2) is 0 Å². The van der Waals surface area contributed by atoms with Crippen molar-refractivity contribution < 1.29 is 63.6 Å². The Morgan fingerprint density at radius 3 is 1.44 bits per heavy atom. The summed E-state index contributed by atoms with van der Waals surface area (Å²) < 4.78 is 0. The van der Waals surface area contributed by atoms with Gasteiger partial charge in [-0.1, -0.05) is 0 Å². The van der Waals surface area contributed by atoms with Gasteiger partial charge in [-0.25, -0.2) is 4.79 Å². The highest BCUT2D eigenvalue weighted by Crippen LogP contribution is 2.06. The number of amides is 6. The van der Waals surface area contributed by atoms with E-state index in [1.165, 1.54) is 0 Å². The molecule has 18 heteroatoms. The van der Waals surface area contributed by atoms with Crippen LogP contribution in [-0.4, -0.2) is 103 Å². The lowest BCUT2D eigenvalue weighted by molar-refractivity contribution is -0.144. The number of hydrogen-bond donors (Lipinski definition) is 8. The van der Waals surface area contributed by atoms with Crippen LogP contribution in [0.25, 0.3) is 0 Å². The molecule has 0 aromatic carbocycles. The molecular weight excluding hydrogens is 530 g/mol. The summed E-state index contributed by atoms with van der Waals surface area (Å²) in [4.78, 5) is 105. The van der Waals surface area contributed by atoms with Gasteiger partial charge in [0.2, 0.25) is 23.6 Å². The lowest BCUT2D eigenvalue weighted by Crippen LogP contribution is -2.58. The first-order chi connectivity index (χ1) is 18.0. The van der Waals surface area contributed by atoms with Crippen LogP contribution in [0.3, 0.4) is 0 Å². The zero-order valence-electron chi connectivity index (χ0n) is 21.0. The third-order valence-corrected chi connectivity index (χ3v) is 5.02. The van der Waals surface area contributed by atoms with Crippen molar-refractivity contribution in [3.05, 3.63) is 0 Å². The molecule has 218 valence electrons. The second-order valence-electron chi connectivity index (χ2n) is 8.23. The number of carboxylic acid groups (broad SMARTS) is 4. The van der Waals surface area contributed by atoms with E-state index in [1.807, 2.05) is 0 Å². The monoisotopic (exact) mass is 561 g/mol. The maximum Gasteiger partial charge on any atom is 0.421 e. The Hall–Kier alpha value is -4.61. The van der Waals surface area contributed by atoms with Crippen molar-refractivity contribution in [1.29, 1.82) is 0 Å². The number of carbonyl (C=O) groups excluding carboxylic acids is 5. The number of imide groups is 3. The van der Waals surface area contributed by atoms with E-state index in [0.717, 1.165) is 13.8 Å². The quantitative estimate of drug-likeness (QED) is 0.0961. The minimum Gasteiger partial charge on any atom is -0.481 e. The second kappa shape index (κ2) is 16.3. The summed E-state index contributed by atoms with van der Waals surface area (Å²) in [7, 11) is 0. The number of carboxylic acids is 3. The number of nitrogens with one attached hydrogen (secondary N) is 3. The van der Waals surface area contributed by atoms with Crippen LogP contribution in [0.4, 0.5) is 4.79 Å². The summed E-state index contributed by atoms with van der Waals surface area (Å²) in [6.07, 6.45) is -5.02. The van der Waals surface area contributed by atoms with Crippen molar-refractivity contribution in [2.75, 3.05) is 0 Å². The van der Waals surface area contributed by atoms with E-state index in [2.05, 4.69) is 16.0 Å². The van der Waals surface area contributed by atoms with Gasteiger partial charge in [0.25, 0.3) is 5.91 Å². The zero-order chi connectivity index (χ0) is 30.4. The van der Waals surface area contributed by atoms with E-state index in [9.17, 15) is 43.2 Å². The van der Waals surface area contributed by atoms with Crippen LogP contribution in [0.1, 0.15) is 52.4 Å². The molecule has 0 spiro atoms. The van der Waals surface area contributed by atoms with E-state index in [4.69, 9.17) is 26.2 Å². The fourth-order valence-electron chi connectivity index (χ4n) is 2.99. The molecule has 0 aliphatic heterocycles. The number of carbonyl (C=O) groups is 9. The molecule has 0 aliphatic carbocycles. The molecule has 0 saturated carbocycles. The molecule has 0 aromatic rings. The maximum atomic E-state index is 12.9. The number of nitrogens with zero attached hydrogens (tertiary/aromatic N) is 1. The standard InChI is InChI=1S/C21H31N5O13/c1-9(20(37)26(10(2)27)21(38)39)23-18(35)12(4-7-15(30)31)25-19(36)13(5-8-16(32)33)24-17(34)11(22)3-6-14(28)29/h9,11-13H,3-8,22H2,1-2H3,(H,23,35)(H,24,34)(H,25,36)(H,28,29)(H,30,31)(H,32,33)(H,38,39)/t9-,11+,12+,13+/m0/s1. The van der Waals surface area contributed by atoms with Crippen LogP contribution in [0.5, 0.6) is 0 Å². The second-order valence-corrected chi connectivity index (χ2v) is 8.23. The van der Waals surface area contributed by atoms with Gasteiger partial charge in [0, 0.05) is 26.2 Å². The molecule has 39 heavy (non-hydrogen) atoms. The van der Waals surface area contributed by atoms with Crippen LogP contribution in [0.15, 0.2) is 0 Å². The van der Waals surface area contributed by atoms with Gasteiger partial charge in [-0.15, -0.1) is 0 Å². The molecule has 0 aromatic heterocycles. The molecule has 0 heterocycles. The summed E-state index contributed by atoms with van der Waals surface area (Å²) in [5, 5.41) is 42.1. The first-order valence-electron chi connectivity index (χ1n) is 11.4. The van der Waals surface area contributed by atoms with Crippen LogP contribution in [0.2, 0.25) is 0 Å². The van der Waals surface area contributed by atoms with E-state index in [-0.39, 0.29) is 11.3 Å². The first kappa shape index (κ1) is 34.4. The minimum atomic E-state index is -1.91. The van der Waals surface area contributed by atoms with Gasteiger partial charge < -0.3 is 42.1 Å². The van der Waals surface area contributed by atoms with Crippen LogP contribution in [0, 0.1) is 0 Å². The van der Waals surface area contributed by atoms with E-state index in [0.29, 0.717) is 0 Å². The Morgan fingerprint density at radius 1 is 0.667 bits per heavy atom. The highest BCUT2D eigenvalue weighted by molar-refractivity contribution is 6.09. The molecule has 9 N–H and O–H groups in total. The molecule has 18 nitrogen and oxygen atoms in total. The molecule has 4 atom stereocenters. The lowest BCUT2D eigenvalue weighted by Gasteiger charge is -2.25. The molecule has 0 saturated heterocycles. The first-order valence-corrected chi connectivity index (χ1v) is 11.4. The average molecular weight is 562 g/mol. The minimum absolute atomic E-state index is 0.166. The number of rotatable bonds is 16. The Balaban J connectivity index is 5.75. The molecule has 6 amide bonds. The average Bonchev–Trinajstić information content (AvgIpc) is 2.81. The predicted octanol–water partition coefficient (Wildman–Crippen LogP) is -2.56. The Labute approximate surface area is 220 Å². The van der Waals surface area contributed by atoms with Gasteiger partial charge in [-0.3, -0.25) is 38.4 Å². The largest absolute Gasteiger partial charge is 0.481 e. The van der Waals surface area contributed by atoms with Gasteiger partial charge in [0.1, 0.15) is 18.1 Å². The molecular formula is C21H31N5O13. The topological polar surface area (TPSA) is 300 Å². The fraction of sp³-hybridized carbons (Fsp3) is 0.571. The normalized spacial score (nSPS) is 13.5. The number of nitrogens with two attached hydrogens (primary N) is 1. The van der Waals surface area contributed by atoms with Crippen LogP contribution >= 0.6 is 0 Å². The van der Waals surface area contributed by atoms with Gasteiger partial charge in [0.05, 0.1) is 6.04 Å². The maximum absolute atomic E-state index is 12.9.